The fraction of sp³-hybridized carbons (Fsp3) is 0.139. The molecular weight excluding hydrogens is 612 g/mol. The van der Waals surface area contributed by atoms with E-state index in [2.05, 4.69) is 5.32 Å². The van der Waals surface area contributed by atoms with Crippen LogP contribution in [0.5, 0.6) is 11.5 Å². The van der Waals surface area contributed by atoms with Gasteiger partial charge < -0.3 is 28.4 Å². The Balaban J connectivity index is 0.000000185. The van der Waals surface area contributed by atoms with Crippen LogP contribution in [0.25, 0.3) is 44.6 Å². The molecule has 240 valence electrons. The summed E-state index contributed by atoms with van der Waals surface area (Å²) in [7, 11) is 2.99. The highest BCUT2D eigenvalue weighted by Gasteiger charge is 2.17. The van der Waals surface area contributed by atoms with Crippen LogP contribution in [-0.2, 0) is 9.53 Å². The molecule has 6 rings (SSSR count). The van der Waals surface area contributed by atoms with Gasteiger partial charge >= 0.3 is 0 Å². The van der Waals surface area contributed by atoms with Gasteiger partial charge in [-0.1, -0.05) is 60.7 Å². The van der Waals surface area contributed by atoms with Crippen molar-refractivity contribution in [3.63, 3.8) is 0 Å². The summed E-state index contributed by atoms with van der Waals surface area (Å²) in [5.74, 6) is -1.44. The standard InChI is InChI=1S/C18H14FNO4.C18H15FO4/c1-20-16(22)10-23-14-8-7-12-13(21)9-15(24-18(12)17(14)19)11-5-3-2-4-6-11;1-21-9-10-22-15-8-7-13-14(20)11-16(23-18(13)17(15)19)12-5-3-2-4-6-12/h2-9H,10H2,1H3,(H,20,22);2-8,11H,9-10H2,1H3. The topological polar surface area (TPSA) is 117 Å². The second-order valence-corrected chi connectivity index (χ2v) is 9.99. The molecule has 6 aromatic rings. The van der Waals surface area contributed by atoms with Gasteiger partial charge in [0.15, 0.2) is 40.1 Å². The van der Waals surface area contributed by atoms with E-state index in [1.165, 1.54) is 50.6 Å². The van der Waals surface area contributed by atoms with Gasteiger partial charge in [-0.05, 0) is 24.3 Å². The number of halogens is 2. The summed E-state index contributed by atoms with van der Waals surface area (Å²) in [6.07, 6.45) is 0. The smallest absolute Gasteiger partial charge is 0.257 e. The van der Waals surface area contributed by atoms with Gasteiger partial charge in [0.2, 0.25) is 11.6 Å². The Kier molecular flexibility index (Phi) is 10.4. The van der Waals surface area contributed by atoms with E-state index in [4.69, 9.17) is 23.0 Å². The van der Waals surface area contributed by atoms with Gasteiger partial charge in [0.05, 0.1) is 17.4 Å². The minimum absolute atomic E-state index is 0.0305. The number of hydrogen-bond acceptors (Lipinski definition) is 8. The second kappa shape index (κ2) is 15.0. The second-order valence-electron chi connectivity index (χ2n) is 9.99. The van der Waals surface area contributed by atoms with Crippen molar-refractivity contribution in [2.45, 2.75) is 0 Å². The number of likely N-dealkylation sites (N-methyl/N-ethyl adjacent to an activating group) is 1. The van der Waals surface area contributed by atoms with Gasteiger partial charge in [0, 0.05) is 37.4 Å². The van der Waals surface area contributed by atoms with Gasteiger partial charge in [-0.25, -0.2) is 0 Å². The first kappa shape index (κ1) is 32.6. The molecule has 1 amide bonds. The van der Waals surface area contributed by atoms with Gasteiger partial charge in [-0.2, -0.15) is 8.78 Å². The molecule has 1 N–H and O–H groups in total. The molecule has 0 saturated heterocycles. The molecule has 0 radical (unpaired) electrons. The minimum atomic E-state index is -0.814. The van der Waals surface area contributed by atoms with Crippen molar-refractivity contribution < 1.29 is 36.6 Å². The van der Waals surface area contributed by atoms with Gasteiger partial charge in [-0.15, -0.1) is 0 Å². The lowest BCUT2D eigenvalue weighted by Crippen LogP contribution is -2.25. The normalized spacial score (nSPS) is 10.7. The molecule has 0 aliphatic heterocycles. The van der Waals surface area contributed by atoms with E-state index in [1.807, 2.05) is 24.3 Å². The summed E-state index contributed by atoms with van der Waals surface area (Å²) in [6.45, 7) is 0.217. The molecular formula is C36H29F2NO8. The number of ether oxygens (including phenoxy) is 3. The number of methoxy groups -OCH3 is 1. The third-order valence-corrected chi connectivity index (χ3v) is 6.90. The minimum Gasteiger partial charge on any atom is -0.488 e. The Bertz CT molecular complexity index is 2130. The number of amides is 1. The summed E-state index contributed by atoms with van der Waals surface area (Å²) in [5, 5.41) is 2.66. The maximum atomic E-state index is 14.6. The molecule has 9 nitrogen and oxygen atoms in total. The molecule has 47 heavy (non-hydrogen) atoms. The Morgan fingerprint density at radius 1 is 0.681 bits per heavy atom. The summed E-state index contributed by atoms with van der Waals surface area (Å²) in [4.78, 5) is 35.6. The molecule has 2 heterocycles. The average Bonchev–Trinajstić information content (AvgIpc) is 3.10. The summed E-state index contributed by atoms with van der Waals surface area (Å²) >= 11 is 0. The zero-order chi connectivity index (χ0) is 33.3. The van der Waals surface area contributed by atoms with Crippen LogP contribution in [-0.4, -0.2) is 39.9 Å². The van der Waals surface area contributed by atoms with E-state index in [-0.39, 0.29) is 63.3 Å². The third-order valence-electron chi connectivity index (χ3n) is 6.90. The highest BCUT2D eigenvalue weighted by atomic mass is 19.1. The van der Waals surface area contributed by atoms with Crippen LogP contribution in [0.1, 0.15) is 0 Å². The maximum Gasteiger partial charge on any atom is 0.257 e. The highest BCUT2D eigenvalue weighted by Crippen LogP contribution is 2.30. The van der Waals surface area contributed by atoms with Crippen molar-refractivity contribution in [3.8, 4) is 34.1 Å². The number of nitrogens with one attached hydrogen (secondary N) is 1. The first-order valence-electron chi connectivity index (χ1n) is 14.4. The third kappa shape index (κ3) is 7.54. The fourth-order valence-electron chi connectivity index (χ4n) is 4.50. The quantitative estimate of drug-likeness (QED) is 0.182. The Hall–Kier alpha value is -5.81. The van der Waals surface area contributed by atoms with Crippen LogP contribution in [0, 0.1) is 11.6 Å². The van der Waals surface area contributed by atoms with Crippen LogP contribution in [0.4, 0.5) is 8.78 Å². The van der Waals surface area contributed by atoms with Crippen LogP contribution in [0.2, 0.25) is 0 Å². The van der Waals surface area contributed by atoms with E-state index in [9.17, 15) is 23.2 Å². The summed E-state index contributed by atoms with van der Waals surface area (Å²) < 4.78 is 55.7. The van der Waals surface area contributed by atoms with Crippen molar-refractivity contribution in [2.24, 2.45) is 0 Å². The first-order chi connectivity index (χ1) is 22.8. The zero-order valence-electron chi connectivity index (χ0n) is 25.4. The van der Waals surface area contributed by atoms with Crippen LogP contribution >= 0.6 is 0 Å². The van der Waals surface area contributed by atoms with Gasteiger partial charge in [0.25, 0.3) is 5.91 Å². The van der Waals surface area contributed by atoms with Gasteiger partial charge in [0.1, 0.15) is 18.1 Å². The lowest BCUT2D eigenvalue weighted by Gasteiger charge is -2.09. The van der Waals surface area contributed by atoms with E-state index in [0.717, 1.165) is 0 Å². The molecule has 0 aliphatic rings. The van der Waals surface area contributed by atoms with E-state index >= 15 is 0 Å². The van der Waals surface area contributed by atoms with Gasteiger partial charge in [-0.3, -0.25) is 14.4 Å². The van der Waals surface area contributed by atoms with Crippen molar-refractivity contribution in [2.75, 3.05) is 34.0 Å². The molecule has 0 fully saturated rings. The number of carbonyl (C=O) groups excluding carboxylic acids is 1. The fourth-order valence-corrected chi connectivity index (χ4v) is 4.50. The Morgan fingerprint density at radius 2 is 1.15 bits per heavy atom. The molecule has 0 atom stereocenters. The number of benzene rings is 4. The van der Waals surface area contributed by atoms with E-state index in [1.54, 1.807) is 36.4 Å². The van der Waals surface area contributed by atoms with E-state index in [0.29, 0.717) is 23.5 Å². The number of hydrogen-bond donors (Lipinski definition) is 1. The molecule has 0 unspecified atom stereocenters. The summed E-state index contributed by atoms with van der Waals surface area (Å²) in [5.41, 5.74) is 0.408. The van der Waals surface area contributed by atoms with Crippen molar-refractivity contribution in [1.82, 2.24) is 5.32 Å². The van der Waals surface area contributed by atoms with E-state index < -0.39 is 17.5 Å². The Morgan fingerprint density at radius 3 is 1.60 bits per heavy atom. The lowest BCUT2D eigenvalue weighted by molar-refractivity contribution is -0.122. The number of fused-ring (bicyclic) bond motifs is 2. The van der Waals surface area contributed by atoms with Crippen LogP contribution in [0.3, 0.4) is 0 Å². The molecule has 0 aliphatic carbocycles. The van der Waals surface area contributed by atoms with Crippen LogP contribution < -0.4 is 25.6 Å². The van der Waals surface area contributed by atoms with Crippen molar-refractivity contribution in [1.29, 1.82) is 0 Å². The molecule has 0 saturated carbocycles. The largest absolute Gasteiger partial charge is 0.488 e. The number of rotatable bonds is 9. The highest BCUT2D eigenvalue weighted by molar-refractivity contribution is 5.82. The lowest BCUT2D eigenvalue weighted by atomic mass is 10.1. The first-order valence-corrected chi connectivity index (χ1v) is 14.4. The Labute approximate surface area is 266 Å². The van der Waals surface area contributed by atoms with Crippen molar-refractivity contribution in [3.05, 3.63) is 129 Å². The molecule has 11 heteroatoms. The molecule has 0 bridgehead atoms. The zero-order valence-corrected chi connectivity index (χ0v) is 25.4. The number of carbonyl (C=O) groups is 1. The predicted molar refractivity (Wildman–Crippen MR) is 173 cm³/mol. The molecule has 2 aromatic heterocycles. The average molecular weight is 642 g/mol. The molecule has 0 spiro atoms. The summed E-state index contributed by atoms with van der Waals surface area (Å²) in [6, 6.07) is 26.3. The predicted octanol–water partition coefficient (Wildman–Crippen LogP) is 6.35. The van der Waals surface area contributed by atoms with Crippen LogP contribution in [0.15, 0.2) is 115 Å². The maximum absolute atomic E-state index is 14.6. The SMILES string of the molecule is CNC(=O)COc1ccc2c(=O)cc(-c3ccccc3)oc2c1F.COCCOc1ccc2c(=O)cc(-c3ccccc3)oc2c1F. The van der Waals surface area contributed by atoms with Crippen molar-refractivity contribution >= 4 is 27.8 Å². The molecule has 4 aromatic carbocycles. The monoisotopic (exact) mass is 641 g/mol.